The second-order valence-electron chi connectivity index (χ2n) is 7.11. The molecule has 0 radical (unpaired) electrons. The maximum atomic E-state index is 12.9. The Labute approximate surface area is 171 Å². The van der Waals surface area contributed by atoms with Gasteiger partial charge in [-0.05, 0) is 32.3 Å². The minimum atomic E-state index is -0.838. The number of esters is 1. The molecule has 158 valence electrons. The lowest BCUT2D eigenvalue weighted by atomic mass is 10.1. The van der Waals surface area contributed by atoms with Crippen molar-refractivity contribution in [1.82, 2.24) is 15.5 Å². The van der Waals surface area contributed by atoms with Crippen LogP contribution in [0.15, 0.2) is 30.3 Å². The Hall–Kier alpha value is -2.90. The third-order valence-electron chi connectivity index (χ3n) is 4.80. The molecule has 1 aliphatic heterocycles. The Morgan fingerprint density at radius 3 is 2.48 bits per heavy atom. The lowest BCUT2D eigenvalue weighted by Crippen LogP contribution is -2.55. The van der Waals surface area contributed by atoms with E-state index in [-0.39, 0.29) is 24.3 Å². The molecule has 0 spiro atoms. The average molecular weight is 403 g/mol. The SMILES string of the molecule is CCOC(=O)[C@H](Cc1ccccc1)NC(=O)[C@@H]1CCCN1C(=O)[C@H](C)NC(C)=O. The molecule has 1 aromatic rings. The molecule has 0 unspecified atom stereocenters. The van der Waals surface area contributed by atoms with Crippen molar-refractivity contribution in [2.45, 2.75) is 58.2 Å². The van der Waals surface area contributed by atoms with Crippen LogP contribution in [0.25, 0.3) is 0 Å². The van der Waals surface area contributed by atoms with Crippen LogP contribution in [0, 0.1) is 0 Å². The van der Waals surface area contributed by atoms with Crippen molar-refractivity contribution in [2.24, 2.45) is 0 Å². The molecule has 29 heavy (non-hydrogen) atoms. The predicted octanol–water partition coefficient (Wildman–Crippen LogP) is 0.793. The Morgan fingerprint density at radius 2 is 1.86 bits per heavy atom. The van der Waals surface area contributed by atoms with Crippen molar-refractivity contribution in [2.75, 3.05) is 13.2 Å². The lowest BCUT2D eigenvalue weighted by molar-refractivity contribution is -0.148. The van der Waals surface area contributed by atoms with Gasteiger partial charge in [0, 0.05) is 19.9 Å². The molecule has 0 bridgehead atoms. The van der Waals surface area contributed by atoms with Gasteiger partial charge in [-0.3, -0.25) is 14.4 Å². The van der Waals surface area contributed by atoms with E-state index in [0.29, 0.717) is 25.8 Å². The first kappa shape index (κ1) is 22.4. The summed E-state index contributed by atoms with van der Waals surface area (Å²) < 4.78 is 5.11. The number of carbonyl (C=O) groups is 4. The fraction of sp³-hybridized carbons (Fsp3) is 0.524. The van der Waals surface area contributed by atoms with Gasteiger partial charge in [0.2, 0.25) is 17.7 Å². The van der Waals surface area contributed by atoms with Gasteiger partial charge in [-0.2, -0.15) is 0 Å². The van der Waals surface area contributed by atoms with Crippen LogP contribution in [-0.4, -0.2) is 59.9 Å². The van der Waals surface area contributed by atoms with E-state index in [4.69, 9.17) is 4.74 Å². The number of nitrogens with one attached hydrogen (secondary N) is 2. The number of carbonyl (C=O) groups excluding carboxylic acids is 4. The normalized spacial score (nSPS) is 17.9. The summed E-state index contributed by atoms with van der Waals surface area (Å²) in [6.45, 7) is 5.28. The monoisotopic (exact) mass is 403 g/mol. The quantitative estimate of drug-likeness (QED) is 0.625. The van der Waals surface area contributed by atoms with Gasteiger partial charge in [0.15, 0.2) is 0 Å². The number of rotatable bonds is 8. The highest BCUT2D eigenvalue weighted by Crippen LogP contribution is 2.19. The highest BCUT2D eigenvalue weighted by atomic mass is 16.5. The van der Waals surface area contributed by atoms with Crippen LogP contribution in [0.1, 0.15) is 39.2 Å². The number of ether oxygens (including phenoxy) is 1. The van der Waals surface area contributed by atoms with Crippen molar-refractivity contribution in [3.63, 3.8) is 0 Å². The van der Waals surface area contributed by atoms with E-state index < -0.39 is 24.1 Å². The van der Waals surface area contributed by atoms with Gasteiger partial charge in [0.05, 0.1) is 6.61 Å². The topological polar surface area (TPSA) is 105 Å². The number of hydrogen-bond acceptors (Lipinski definition) is 5. The van der Waals surface area contributed by atoms with Gasteiger partial charge in [-0.1, -0.05) is 30.3 Å². The third kappa shape index (κ3) is 6.30. The Balaban J connectivity index is 2.09. The molecular weight excluding hydrogens is 374 g/mol. The fourth-order valence-electron chi connectivity index (χ4n) is 3.47. The van der Waals surface area contributed by atoms with Crippen molar-refractivity contribution in [3.8, 4) is 0 Å². The molecule has 1 aliphatic rings. The van der Waals surface area contributed by atoms with E-state index in [1.165, 1.54) is 11.8 Å². The minimum Gasteiger partial charge on any atom is -0.464 e. The van der Waals surface area contributed by atoms with E-state index in [9.17, 15) is 19.2 Å². The molecule has 1 saturated heterocycles. The van der Waals surface area contributed by atoms with Gasteiger partial charge in [-0.15, -0.1) is 0 Å². The Kier molecular flexibility index (Phi) is 8.18. The van der Waals surface area contributed by atoms with Gasteiger partial charge in [0.25, 0.3) is 0 Å². The molecule has 0 aromatic heterocycles. The summed E-state index contributed by atoms with van der Waals surface area (Å²) in [6.07, 6.45) is 1.49. The molecule has 3 atom stereocenters. The van der Waals surface area contributed by atoms with Crippen molar-refractivity contribution < 1.29 is 23.9 Å². The largest absolute Gasteiger partial charge is 0.464 e. The molecule has 3 amide bonds. The van der Waals surface area contributed by atoms with E-state index in [1.807, 2.05) is 30.3 Å². The summed E-state index contributed by atoms with van der Waals surface area (Å²) in [7, 11) is 0. The molecule has 2 rings (SSSR count). The first-order valence-corrected chi connectivity index (χ1v) is 9.92. The zero-order valence-electron chi connectivity index (χ0n) is 17.1. The average Bonchev–Trinajstić information content (AvgIpc) is 3.17. The third-order valence-corrected chi connectivity index (χ3v) is 4.80. The number of nitrogens with zero attached hydrogens (tertiary/aromatic N) is 1. The van der Waals surface area contributed by atoms with Crippen LogP contribution in [0.4, 0.5) is 0 Å². The summed E-state index contributed by atoms with van der Waals surface area (Å²) in [6, 6.07) is 7.12. The standard InChI is InChI=1S/C21H29N3O5/c1-4-29-21(28)17(13-16-9-6-5-7-10-16)23-19(26)18-11-8-12-24(18)20(27)14(2)22-15(3)25/h5-7,9-10,14,17-18H,4,8,11-13H2,1-3H3,(H,22,25)(H,23,26)/t14-,17-,18-/m0/s1. The Bertz CT molecular complexity index is 737. The molecule has 1 fully saturated rings. The van der Waals surface area contributed by atoms with Crippen molar-refractivity contribution >= 4 is 23.7 Å². The minimum absolute atomic E-state index is 0.211. The van der Waals surface area contributed by atoms with Crippen LogP contribution >= 0.6 is 0 Å². The van der Waals surface area contributed by atoms with Crippen LogP contribution < -0.4 is 10.6 Å². The number of hydrogen-bond donors (Lipinski definition) is 2. The number of benzene rings is 1. The van der Waals surface area contributed by atoms with Gasteiger partial charge in [0.1, 0.15) is 18.1 Å². The van der Waals surface area contributed by atoms with Gasteiger partial charge >= 0.3 is 5.97 Å². The summed E-state index contributed by atoms with van der Waals surface area (Å²) >= 11 is 0. The zero-order valence-corrected chi connectivity index (χ0v) is 17.1. The van der Waals surface area contributed by atoms with E-state index in [0.717, 1.165) is 5.56 Å². The van der Waals surface area contributed by atoms with Crippen LogP contribution in [-0.2, 0) is 30.3 Å². The van der Waals surface area contributed by atoms with Gasteiger partial charge < -0.3 is 20.3 Å². The molecule has 8 nitrogen and oxygen atoms in total. The summed E-state index contributed by atoms with van der Waals surface area (Å²) in [5.41, 5.74) is 0.893. The second-order valence-corrected chi connectivity index (χ2v) is 7.11. The van der Waals surface area contributed by atoms with E-state index in [2.05, 4.69) is 10.6 Å². The fourth-order valence-corrected chi connectivity index (χ4v) is 3.47. The van der Waals surface area contributed by atoms with E-state index in [1.54, 1.807) is 13.8 Å². The lowest BCUT2D eigenvalue weighted by Gasteiger charge is -2.28. The van der Waals surface area contributed by atoms with Gasteiger partial charge in [-0.25, -0.2) is 4.79 Å². The molecule has 0 saturated carbocycles. The number of likely N-dealkylation sites (tertiary alicyclic amines) is 1. The highest BCUT2D eigenvalue weighted by molar-refractivity contribution is 5.93. The molecule has 1 heterocycles. The van der Waals surface area contributed by atoms with Crippen LogP contribution in [0.3, 0.4) is 0 Å². The number of amides is 3. The predicted molar refractivity (Wildman–Crippen MR) is 107 cm³/mol. The first-order chi connectivity index (χ1) is 13.8. The van der Waals surface area contributed by atoms with Crippen LogP contribution in [0.2, 0.25) is 0 Å². The van der Waals surface area contributed by atoms with Crippen LogP contribution in [0.5, 0.6) is 0 Å². The summed E-state index contributed by atoms with van der Waals surface area (Å²) in [5.74, 6) is -1.52. The maximum absolute atomic E-state index is 12.9. The molecule has 2 N–H and O–H groups in total. The maximum Gasteiger partial charge on any atom is 0.328 e. The summed E-state index contributed by atoms with van der Waals surface area (Å²) in [4.78, 5) is 50.6. The molecular formula is C21H29N3O5. The molecule has 0 aliphatic carbocycles. The van der Waals surface area contributed by atoms with E-state index >= 15 is 0 Å². The zero-order chi connectivity index (χ0) is 21.4. The summed E-state index contributed by atoms with van der Waals surface area (Å²) in [5, 5.41) is 5.31. The molecule has 1 aromatic carbocycles. The highest BCUT2D eigenvalue weighted by Gasteiger charge is 2.37. The smallest absolute Gasteiger partial charge is 0.328 e. The Morgan fingerprint density at radius 1 is 1.17 bits per heavy atom. The van der Waals surface area contributed by atoms with Crippen molar-refractivity contribution in [3.05, 3.63) is 35.9 Å². The first-order valence-electron chi connectivity index (χ1n) is 9.92. The van der Waals surface area contributed by atoms with Crippen molar-refractivity contribution in [1.29, 1.82) is 0 Å². The molecule has 8 heteroatoms. The second kappa shape index (κ2) is 10.6.